The quantitative estimate of drug-likeness (QED) is 0.630. The number of sulfonamides is 1. The van der Waals surface area contributed by atoms with Crippen LogP contribution < -0.4 is 5.32 Å². The van der Waals surface area contributed by atoms with E-state index in [9.17, 15) is 18.0 Å². The van der Waals surface area contributed by atoms with E-state index in [0.717, 1.165) is 35.0 Å². The summed E-state index contributed by atoms with van der Waals surface area (Å²) in [4.78, 5) is 21.1. The van der Waals surface area contributed by atoms with Gasteiger partial charge in [0.25, 0.3) is 10.0 Å². The van der Waals surface area contributed by atoms with Gasteiger partial charge in [0.2, 0.25) is 0 Å². The molecule has 2 saturated heterocycles. The van der Waals surface area contributed by atoms with Crippen LogP contribution in [0.2, 0.25) is 0 Å². The number of carboxylic acids is 2. The van der Waals surface area contributed by atoms with Crippen molar-refractivity contribution in [1.82, 2.24) is 9.62 Å². The highest BCUT2D eigenvalue weighted by atomic mass is 79.9. The number of aliphatic carboxylic acids is 2. The Balaban J connectivity index is 0.000000236. The number of hydrogen-bond acceptors (Lipinski definition) is 6. The maximum Gasteiger partial charge on any atom is 0.322 e. The van der Waals surface area contributed by atoms with Crippen LogP contribution in [-0.2, 0) is 19.6 Å². The minimum Gasteiger partial charge on any atom is -0.480 e. The monoisotopic (exact) mass is 454 g/mol. The summed E-state index contributed by atoms with van der Waals surface area (Å²) in [5.41, 5.74) is 0. The first-order chi connectivity index (χ1) is 11.7. The molecule has 3 N–H and O–H groups in total. The molecule has 0 aromatic carbocycles. The van der Waals surface area contributed by atoms with Gasteiger partial charge in [-0.3, -0.25) is 9.59 Å². The smallest absolute Gasteiger partial charge is 0.322 e. The van der Waals surface area contributed by atoms with Gasteiger partial charge in [-0.1, -0.05) is 0 Å². The lowest BCUT2D eigenvalue weighted by Gasteiger charge is -2.19. The van der Waals surface area contributed by atoms with Gasteiger partial charge in [0, 0.05) is 6.54 Å². The second-order valence-corrected chi connectivity index (χ2v) is 10.2. The average molecular weight is 455 g/mol. The number of carbonyl (C=O) groups is 2. The largest absolute Gasteiger partial charge is 0.480 e. The molecule has 2 aliphatic rings. The maximum atomic E-state index is 12.2. The predicted molar refractivity (Wildman–Crippen MR) is 95.2 cm³/mol. The van der Waals surface area contributed by atoms with E-state index in [4.69, 9.17) is 10.2 Å². The summed E-state index contributed by atoms with van der Waals surface area (Å²) in [5.74, 6) is -1.80. The maximum absolute atomic E-state index is 12.2. The standard InChI is InChI=1S/C9H10BrNO4S2.C5H9NO2/c10-7-3-4-8(16-7)17(14,15)11-5-1-2-6(11)9(12)13;7-5(8)4-2-1-3-6-4/h3-4,6H,1-2,5H2,(H,12,13);4,6H,1-3H2,(H,7,8)/t;4-/m.0/s1. The Labute approximate surface area is 158 Å². The van der Waals surface area contributed by atoms with E-state index in [2.05, 4.69) is 21.2 Å². The Kier molecular flexibility index (Phi) is 6.97. The molecule has 0 bridgehead atoms. The van der Waals surface area contributed by atoms with Crippen LogP contribution in [-0.4, -0.2) is 60.0 Å². The molecule has 0 aliphatic carbocycles. The molecule has 0 saturated carbocycles. The van der Waals surface area contributed by atoms with Crippen LogP contribution in [0.1, 0.15) is 25.7 Å². The van der Waals surface area contributed by atoms with Crippen LogP contribution in [0.15, 0.2) is 20.1 Å². The molecule has 25 heavy (non-hydrogen) atoms. The molecule has 11 heteroatoms. The number of nitrogens with zero attached hydrogens (tertiary/aromatic N) is 1. The number of hydrogen-bond donors (Lipinski definition) is 3. The summed E-state index contributed by atoms with van der Waals surface area (Å²) in [5, 5.41) is 20.2. The van der Waals surface area contributed by atoms with Crippen LogP contribution in [0.4, 0.5) is 0 Å². The van der Waals surface area contributed by atoms with E-state index in [-0.39, 0.29) is 16.8 Å². The van der Waals surface area contributed by atoms with Gasteiger partial charge in [0.15, 0.2) is 0 Å². The Morgan fingerprint density at radius 3 is 2.36 bits per heavy atom. The van der Waals surface area contributed by atoms with Crippen molar-refractivity contribution in [3.8, 4) is 0 Å². The lowest BCUT2D eigenvalue weighted by atomic mass is 10.2. The van der Waals surface area contributed by atoms with Crippen molar-refractivity contribution in [2.24, 2.45) is 0 Å². The first kappa shape index (κ1) is 20.3. The van der Waals surface area contributed by atoms with Crippen molar-refractivity contribution in [3.05, 3.63) is 15.9 Å². The van der Waals surface area contributed by atoms with E-state index in [1.54, 1.807) is 6.07 Å². The van der Waals surface area contributed by atoms with Crippen molar-refractivity contribution in [2.45, 2.75) is 42.0 Å². The van der Waals surface area contributed by atoms with Gasteiger partial charge in [-0.15, -0.1) is 11.3 Å². The second-order valence-electron chi connectivity index (χ2n) is 5.66. The van der Waals surface area contributed by atoms with Crippen molar-refractivity contribution in [1.29, 1.82) is 0 Å². The van der Waals surface area contributed by atoms with E-state index in [1.165, 1.54) is 6.07 Å². The van der Waals surface area contributed by atoms with Crippen molar-refractivity contribution < 1.29 is 28.2 Å². The van der Waals surface area contributed by atoms with Gasteiger partial charge in [-0.25, -0.2) is 8.42 Å². The number of nitrogens with one attached hydrogen (secondary N) is 1. The minimum absolute atomic E-state index is 0.178. The van der Waals surface area contributed by atoms with Crippen LogP contribution in [0.25, 0.3) is 0 Å². The van der Waals surface area contributed by atoms with Gasteiger partial charge in [0.1, 0.15) is 16.3 Å². The number of carboxylic acid groups (broad SMARTS) is 2. The highest BCUT2D eigenvalue weighted by molar-refractivity contribution is 9.11. The highest BCUT2D eigenvalue weighted by Crippen LogP contribution is 2.32. The summed E-state index contributed by atoms with van der Waals surface area (Å²) >= 11 is 4.29. The zero-order chi connectivity index (χ0) is 18.6. The molecule has 2 aliphatic heterocycles. The Morgan fingerprint density at radius 1 is 1.20 bits per heavy atom. The first-order valence-electron chi connectivity index (χ1n) is 7.69. The Hall–Kier alpha value is -1.01. The zero-order valence-electron chi connectivity index (χ0n) is 13.2. The van der Waals surface area contributed by atoms with Crippen LogP contribution in [0.5, 0.6) is 0 Å². The average Bonchev–Trinajstić information content (AvgIpc) is 3.29. The Morgan fingerprint density at radius 2 is 1.92 bits per heavy atom. The highest BCUT2D eigenvalue weighted by Gasteiger charge is 2.40. The zero-order valence-corrected chi connectivity index (χ0v) is 16.4. The summed E-state index contributed by atoms with van der Waals surface area (Å²) in [6, 6.07) is 1.93. The van der Waals surface area contributed by atoms with E-state index in [1.807, 2.05) is 0 Å². The molecule has 8 nitrogen and oxygen atoms in total. The lowest BCUT2D eigenvalue weighted by molar-refractivity contribution is -0.141. The molecule has 0 spiro atoms. The SMILES string of the molecule is O=C(O)C1CCCN1S(=O)(=O)c1ccc(Br)s1.O=C(O)[C@@H]1CCCN1. The minimum atomic E-state index is -3.67. The van der Waals surface area contributed by atoms with Crippen molar-refractivity contribution in [2.75, 3.05) is 13.1 Å². The topological polar surface area (TPSA) is 124 Å². The number of halogens is 1. The molecule has 2 atom stereocenters. The molecule has 140 valence electrons. The van der Waals surface area contributed by atoms with Crippen molar-refractivity contribution >= 4 is 49.2 Å². The fraction of sp³-hybridized carbons (Fsp3) is 0.571. The van der Waals surface area contributed by atoms with Gasteiger partial charge >= 0.3 is 11.9 Å². The predicted octanol–water partition coefficient (Wildman–Crippen LogP) is 1.57. The summed E-state index contributed by atoms with van der Waals surface area (Å²) < 4.78 is 26.4. The van der Waals surface area contributed by atoms with Gasteiger partial charge in [-0.2, -0.15) is 4.31 Å². The van der Waals surface area contributed by atoms with Crippen LogP contribution in [0.3, 0.4) is 0 Å². The third kappa shape index (κ3) is 5.00. The van der Waals surface area contributed by atoms with E-state index < -0.39 is 28.0 Å². The molecule has 0 amide bonds. The summed E-state index contributed by atoms with van der Waals surface area (Å²) in [6.07, 6.45) is 2.75. The normalized spacial score (nSPS) is 23.9. The molecule has 1 unspecified atom stereocenters. The molecule has 1 aromatic rings. The molecule has 2 fully saturated rings. The molecular weight excluding hydrogens is 436 g/mol. The summed E-state index contributed by atoms with van der Waals surface area (Å²) in [7, 11) is -3.67. The third-order valence-corrected chi connectivity index (χ3v) is 7.96. The van der Waals surface area contributed by atoms with E-state index >= 15 is 0 Å². The van der Waals surface area contributed by atoms with Gasteiger partial charge in [0.05, 0.1) is 3.79 Å². The molecule has 0 radical (unpaired) electrons. The molecule has 1 aromatic heterocycles. The summed E-state index contributed by atoms with van der Waals surface area (Å²) in [6.45, 7) is 1.13. The van der Waals surface area contributed by atoms with E-state index in [0.29, 0.717) is 16.6 Å². The lowest BCUT2D eigenvalue weighted by Crippen LogP contribution is -2.40. The third-order valence-electron chi connectivity index (χ3n) is 3.96. The Bertz CT molecular complexity index is 729. The fourth-order valence-electron chi connectivity index (χ4n) is 2.72. The van der Waals surface area contributed by atoms with Gasteiger partial charge in [-0.05, 0) is 60.3 Å². The molecular formula is C14H19BrN2O6S2. The first-order valence-corrected chi connectivity index (χ1v) is 10.7. The molecule has 3 rings (SSSR count). The number of thiophene rings is 1. The molecule has 3 heterocycles. The number of rotatable bonds is 4. The van der Waals surface area contributed by atoms with Crippen LogP contribution in [0, 0.1) is 0 Å². The second kappa shape index (κ2) is 8.58. The van der Waals surface area contributed by atoms with Crippen LogP contribution >= 0.6 is 27.3 Å². The fourth-order valence-corrected chi connectivity index (χ4v) is 6.51. The van der Waals surface area contributed by atoms with Crippen molar-refractivity contribution in [3.63, 3.8) is 0 Å². The van der Waals surface area contributed by atoms with Gasteiger partial charge < -0.3 is 15.5 Å².